The Morgan fingerprint density at radius 1 is 1.33 bits per heavy atom. The van der Waals surface area contributed by atoms with Gasteiger partial charge in [-0.05, 0) is 44.1 Å². The lowest BCUT2D eigenvalue weighted by Gasteiger charge is -2.17. The molecule has 1 fully saturated rings. The van der Waals surface area contributed by atoms with E-state index >= 15 is 0 Å². The van der Waals surface area contributed by atoms with Gasteiger partial charge in [0.05, 0.1) is 13.7 Å². The smallest absolute Gasteiger partial charge is 0.191 e. The molecule has 2 rings (SSSR count). The Labute approximate surface area is 149 Å². The van der Waals surface area contributed by atoms with Gasteiger partial charge in [-0.15, -0.1) is 0 Å². The number of ether oxygens (including phenoxy) is 2. The zero-order valence-corrected chi connectivity index (χ0v) is 15.7. The highest BCUT2D eigenvalue weighted by atomic mass is 32.2. The zero-order chi connectivity index (χ0) is 17.2. The topological polar surface area (TPSA) is 54.9 Å². The summed E-state index contributed by atoms with van der Waals surface area (Å²) in [5.74, 6) is 2.55. The average molecular weight is 352 g/mol. The van der Waals surface area contributed by atoms with Gasteiger partial charge in [0.1, 0.15) is 11.5 Å². The van der Waals surface area contributed by atoms with Gasteiger partial charge < -0.3 is 20.1 Å². The van der Waals surface area contributed by atoms with Crippen LogP contribution in [0.2, 0.25) is 0 Å². The molecule has 1 aliphatic rings. The number of methoxy groups -OCH3 is 1. The molecule has 0 aliphatic heterocycles. The number of thioether (sulfide) groups is 1. The summed E-state index contributed by atoms with van der Waals surface area (Å²) in [6.07, 6.45) is 6.86. The van der Waals surface area contributed by atoms with Gasteiger partial charge in [0.15, 0.2) is 5.96 Å². The van der Waals surface area contributed by atoms with Gasteiger partial charge in [0.2, 0.25) is 0 Å². The first-order valence-corrected chi connectivity index (χ1v) is 9.80. The van der Waals surface area contributed by atoms with Crippen LogP contribution in [0, 0.1) is 0 Å². The summed E-state index contributed by atoms with van der Waals surface area (Å²) < 4.78 is 10.9. The average Bonchev–Trinajstić information content (AvgIpc) is 3.08. The Hall–Kier alpha value is -1.56. The predicted octanol–water partition coefficient (Wildman–Crippen LogP) is 2.91. The van der Waals surface area contributed by atoms with Crippen molar-refractivity contribution in [1.29, 1.82) is 0 Å². The third-order valence-electron chi connectivity index (χ3n) is 4.21. The van der Waals surface area contributed by atoms with Crippen LogP contribution in [-0.2, 0) is 0 Å². The van der Waals surface area contributed by atoms with Crippen molar-refractivity contribution in [1.82, 2.24) is 10.6 Å². The fourth-order valence-electron chi connectivity index (χ4n) is 2.83. The maximum absolute atomic E-state index is 5.74. The minimum Gasteiger partial charge on any atom is -0.497 e. The Morgan fingerprint density at radius 3 is 2.88 bits per heavy atom. The molecule has 1 aromatic carbocycles. The molecule has 1 aliphatic carbocycles. The lowest BCUT2D eigenvalue weighted by molar-refractivity contribution is 0.308. The molecule has 2 atom stereocenters. The van der Waals surface area contributed by atoms with E-state index in [4.69, 9.17) is 9.47 Å². The molecule has 0 amide bonds. The Morgan fingerprint density at radius 2 is 2.17 bits per heavy atom. The summed E-state index contributed by atoms with van der Waals surface area (Å²) >= 11 is 1.97. The third-order valence-corrected chi connectivity index (χ3v) is 5.30. The molecule has 0 aromatic heterocycles. The van der Waals surface area contributed by atoms with E-state index in [9.17, 15) is 0 Å². The lowest BCUT2D eigenvalue weighted by Crippen LogP contribution is -2.43. The number of hydrogen-bond donors (Lipinski definition) is 2. The normalized spacial score (nSPS) is 20.7. The first-order valence-electron chi connectivity index (χ1n) is 8.52. The van der Waals surface area contributed by atoms with Crippen LogP contribution in [-0.4, -0.2) is 50.8 Å². The van der Waals surface area contributed by atoms with Crippen LogP contribution in [0.4, 0.5) is 0 Å². The first kappa shape index (κ1) is 18.8. The van der Waals surface area contributed by atoms with E-state index < -0.39 is 0 Å². The maximum atomic E-state index is 5.74. The molecule has 0 heterocycles. The van der Waals surface area contributed by atoms with E-state index in [1.54, 1.807) is 7.11 Å². The Balaban J connectivity index is 1.62. The van der Waals surface area contributed by atoms with Crippen LogP contribution in [0.25, 0.3) is 0 Å². The quantitative estimate of drug-likeness (QED) is 0.428. The van der Waals surface area contributed by atoms with Crippen molar-refractivity contribution < 1.29 is 9.47 Å². The Kier molecular flexibility index (Phi) is 8.08. The van der Waals surface area contributed by atoms with E-state index in [-0.39, 0.29) is 0 Å². The fourth-order valence-corrected chi connectivity index (χ4v) is 3.63. The van der Waals surface area contributed by atoms with Crippen LogP contribution >= 0.6 is 11.8 Å². The second kappa shape index (κ2) is 10.3. The van der Waals surface area contributed by atoms with E-state index in [2.05, 4.69) is 21.9 Å². The SMILES string of the molecule is CN=C(NCCCOc1cccc(OC)c1)NC1CCC(SC)C1. The highest BCUT2D eigenvalue weighted by Gasteiger charge is 2.24. The van der Waals surface area contributed by atoms with Crippen molar-refractivity contribution in [2.45, 2.75) is 37.0 Å². The summed E-state index contributed by atoms with van der Waals surface area (Å²) in [7, 11) is 3.48. The maximum Gasteiger partial charge on any atom is 0.191 e. The molecule has 1 aromatic rings. The fraction of sp³-hybridized carbons (Fsp3) is 0.611. The van der Waals surface area contributed by atoms with Crippen LogP contribution < -0.4 is 20.1 Å². The van der Waals surface area contributed by atoms with Crippen molar-refractivity contribution in [2.75, 3.05) is 33.6 Å². The summed E-state index contributed by atoms with van der Waals surface area (Å²) in [5, 5.41) is 7.68. The predicted molar refractivity (Wildman–Crippen MR) is 103 cm³/mol. The first-order chi connectivity index (χ1) is 11.7. The van der Waals surface area contributed by atoms with Gasteiger partial charge in [-0.1, -0.05) is 6.07 Å². The second-order valence-corrected chi connectivity index (χ2v) is 7.03. The van der Waals surface area contributed by atoms with E-state index in [1.807, 2.05) is 43.1 Å². The number of hydrogen-bond acceptors (Lipinski definition) is 4. The number of guanidine groups is 1. The zero-order valence-electron chi connectivity index (χ0n) is 14.9. The molecule has 6 heteroatoms. The number of aliphatic imine (C=N–C) groups is 1. The van der Waals surface area contributed by atoms with Gasteiger partial charge in [-0.3, -0.25) is 4.99 Å². The van der Waals surface area contributed by atoms with Crippen molar-refractivity contribution in [3.05, 3.63) is 24.3 Å². The van der Waals surface area contributed by atoms with Gasteiger partial charge in [-0.25, -0.2) is 0 Å². The van der Waals surface area contributed by atoms with Crippen LogP contribution in [0.1, 0.15) is 25.7 Å². The van der Waals surface area contributed by atoms with Gasteiger partial charge in [-0.2, -0.15) is 11.8 Å². The van der Waals surface area contributed by atoms with E-state index in [0.29, 0.717) is 12.6 Å². The minimum absolute atomic E-state index is 0.543. The molecule has 5 nitrogen and oxygen atoms in total. The largest absolute Gasteiger partial charge is 0.497 e. The van der Waals surface area contributed by atoms with E-state index in [0.717, 1.165) is 35.7 Å². The molecule has 2 unspecified atom stereocenters. The van der Waals surface area contributed by atoms with Gasteiger partial charge in [0.25, 0.3) is 0 Å². The molecule has 2 N–H and O–H groups in total. The molecule has 24 heavy (non-hydrogen) atoms. The summed E-state index contributed by atoms with van der Waals surface area (Å²) in [5.41, 5.74) is 0. The van der Waals surface area contributed by atoms with Crippen molar-refractivity contribution in [2.24, 2.45) is 4.99 Å². The second-order valence-electron chi connectivity index (χ2n) is 5.89. The lowest BCUT2D eigenvalue weighted by atomic mass is 10.2. The number of benzene rings is 1. The number of nitrogens with zero attached hydrogens (tertiary/aromatic N) is 1. The minimum atomic E-state index is 0.543. The molecule has 0 saturated heterocycles. The molecule has 0 bridgehead atoms. The molecule has 1 saturated carbocycles. The highest BCUT2D eigenvalue weighted by molar-refractivity contribution is 7.99. The number of nitrogens with one attached hydrogen (secondary N) is 2. The monoisotopic (exact) mass is 351 g/mol. The van der Waals surface area contributed by atoms with Gasteiger partial charge in [0, 0.05) is 31.0 Å². The van der Waals surface area contributed by atoms with Crippen molar-refractivity contribution >= 4 is 17.7 Å². The molecule has 0 radical (unpaired) electrons. The van der Waals surface area contributed by atoms with Gasteiger partial charge >= 0.3 is 0 Å². The van der Waals surface area contributed by atoms with Crippen LogP contribution in [0.15, 0.2) is 29.3 Å². The summed E-state index contributed by atoms with van der Waals surface area (Å²) in [6.45, 7) is 1.50. The summed E-state index contributed by atoms with van der Waals surface area (Å²) in [6, 6.07) is 8.23. The van der Waals surface area contributed by atoms with Crippen molar-refractivity contribution in [3.63, 3.8) is 0 Å². The van der Waals surface area contributed by atoms with E-state index in [1.165, 1.54) is 19.3 Å². The molecular weight excluding hydrogens is 322 g/mol. The standard InChI is InChI=1S/C18H29N3O2S/c1-19-18(21-14-8-9-17(12-14)24-3)20-10-5-11-23-16-7-4-6-15(13-16)22-2/h4,6-7,13-14,17H,5,8-12H2,1-3H3,(H2,19,20,21). The molecule has 0 spiro atoms. The van der Waals surface area contributed by atoms with Crippen molar-refractivity contribution in [3.8, 4) is 11.5 Å². The van der Waals surface area contributed by atoms with Crippen LogP contribution in [0.5, 0.6) is 11.5 Å². The highest BCUT2D eigenvalue weighted by Crippen LogP contribution is 2.28. The Bertz CT molecular complexity index is 525. The summed E-state index contributed by atoms with van der Waals surface area (Å²) in [4.78, 5) is 4.31. The molecule has 134 valence electrons. The molecular formula is C18H29N3O2S. The third kappa shape index (κ3) is 6.15. The number of rotatable bonds is 8. The van der Waals surface area contributed by atoms with Crippen LogP contribution in [0.3, 0.4) is 0 Å².